The number of nitro groups is 1. The standard InChI is InChI=1S/C20H25N3O6S/c1-5-6-11-7-8-13-15(9-11)30-20(21-13)22-19(24)12-10-14(27-2)17(28-3)18(29-4)16(12)23(25)26/h10-11H,5-9H2,1-4H3,(H,21,22,24). The molecule has 9 nitrogen and oxygen atoms in total. The maximum atomic E-state index is 13.0. The van der Waals surface area contributed by atoms with Gasteiger partial charge in [-0.05, 0) is 25.2 Å². The maximum Gasteiger partial charge on any atom is 0.327 e. The highest BCUT2D eigenvalue weighted by molar-refractivity contribution is 7.15. The van der Waals surface area contributed by atoms with Crippen LogP contribution in [0, 0.1) is 16.0 Å². The van der Waals surface area contributed by atoms with Gasteiger partial charge in [0.15, 0.2) is 10.9 Å². The molecule has 3 rings (SSSR count). The first-order valence-electron chi connectivity index (χ1n) is 9.70. The molecule has 162 valence electrons. The largest absolute Gasteiger partial charge is 0.493 e. The molecule has 1 aliphatic carbocycles. The Balaban J connectivity index is 1.93. The second kappa shape index (κ2) is 9.29. The average molecular weight is 436 g/mol. The number of aryl methyl sites for hydroxylation is 1. The van der Waals surface area contributed by atoms with Gasteiger partial charge < -0.3 is 14.2 Å². The van der Waals surface area contributed by atoms with Crippen molar-refractivity contribution in [2.24, 2.45) is 5.92 Å². The third-order valence-corrected chi connectivity index (χ3v) is 6.23. The normalized spacial score (nSPS) is 15.3. The molecule has 1 heterocycles. The van der Waals surface area contributed by atoms with Gasteiger partial charge >= 0.3 is 5.69 Å². The van der Waals surface area contributed by atoms with Crippen LogP contribution < -0.4 is 19.5 Å². The lowest BCUT2D eigenvalue weighted by molar-refractivity contribution is -0.386. The number of carbonyl (C=O) groups is 1. The van der Waals surface area contributed by atoms with Crippen LogP contribution in [-0.4, -0.2) is 37.1 Å². The fourth-order valence-electron chi connectivity index (χ4n) is 3.81. The third-order valence-electron chi connectivity index (χ3n) is 5.19. The predicted octanol–water partition coefficient (Wildman–Crippen LogP) is 4.23. The number of nitrogens with zero attached hydrogens (tertiary/aromatic N) is 2. The summed E-state index contributed by atoms with van der Waals surface area (Å²) in [6, 6.07) is 1.28. The van der Waals surface area contributed by atoms with Crippen LogP contribution >= 0.6 is 11.3 Å². The Morgan fingerprint density at radius 3 is 2.63 bits per heavy atom. The fraction of sp³-hybridized carbons (Fsp3) is 0.500. The lowest BCUT2D eigenvalue weighted by atomic mass is 9.88. The highest BCUT2D eigenvalue weighted by atomic mass is 32.1. The molecule has 2 aromatic rings. The first kappa shape index (κ1) is 21.8. The highest BCUT2D eigenvalue weighted by Gasteiger charge is 2.33. The highest BCUT2D eigenvalue weighted by Crippen LogP contribution is 2.46. The predicted molar refractivity (Wildman–Crippen MR) is 113 cm³/mol. The van der Waals surface area contributed by atoms with E-state index >= 15 is 0 Å². The van der Waals surface area contributed by atoms with Crippen LogP contribution in [0.4, 0.5) is 10.8 Å². The molecule has 1 aliphatic rings. The van der Waals surface area contributed by atoms with Gasteiger partial charge in [0.05, 0.1) is 31.9 Å². The first-order chi connectivity index (χ1) is 14.4. The van der Waals surface area contributed by atoms with E-state index in [0.29, 0.717) is 11.0 Å². The molecule has 0 aliphatic heterocycles. The molecule has 1 aromatic carbocycles. The monoisotopic (exact) mass is 435 g/mol. The number of hydrogen-bond donors (Lipinski definition) is 1. The van der Waals surface area contributed by atoms with Crippen LogP contribution in [0.15, 0.2) is 6.07 Å². The average Bonchev–Trinajstić information content (AvgIpc) is 3.13. The summed E-state index contributed by atoms with van der Waals surface area (Å²) in [6.07, 6.45) is 5.26. The minimum atomic E-state index is -0.669. The quantitative estimate of drug-likeness (QED) is 0.487. The molecule has 10 heteroatoms. The van der Waals surface area contributed by atoms with Crippen molar-refractivity contribution in [3.05, 3.63) is 32.3 Å². The van der Waals surface area contributed by atoms with E-state index in [1.54, 1.807) is 0 Å². The van der Waals surface area contributed by atoms with Gasteiger partial charge in [-0.25, -0.2) is 4.98 Å². The Hall–Kier alpha value is -2.88. The van der Waals surface area contributed by atoms with Crippen LogP contribution in [0.2, 0.25) is 0 Å². The van der Waals surface area contributed by atoms with Gasteiger partial charge in [-0.2, -0.15) is 0 Å². The van der Waals surface area contributed by atoms with E-state index in [4.69, 9.17) is 14.2 Å². The van der Waals surface area contributed by atoms with Crippen molar-refractivity contribution in [1.82, 2.24) is 4.98 Å². The van der Waals surface area contributed by atoms with Gasteiger partial charge in [0.25, 0.3) is 5.91 Å². The number of nitro benzene ring substituents is 1. The summed E-state index contributed by atoms with van der Waals surface area (Å²) < 4.78 is 15.6. The topological polar surface area (TPSA) is 113 Å². The second-order valence-electron chi connectivity index (χ2n) is 7.04. The Morgan fingerprint density at radius 2 is 2.03 bits per heavy atom. The number of anilines is 1. The minimum absolute atomic E-state index is 0.0509. The zero-order valence-electron chi connectivity index (χ0n) is 17.4. The zero-order valence-corrected chi connectivity index (χ0v) is 18.3. The van der Waals surface area contributed by atoms with E-state index in [1.807, 2.05) is 0 Å². The van der Waals surface area contributed by atoms with Crippen molar-refractivity contribution in [3.8, 4) is 17.2 Å². The molecule has 1 unspecified atom stereocenters. The van der Waals surface area contributed by atoms with Gasteiger partial charge in [-0.15, -0.1) is 11.3 Å². The number of amides is 1. The summed E-state index contributed by atoms with van der Waals surface area (Å²) >= 11 is 1.43. The first-order valence-corrected chi connectivity index (χ1v) is 10.5. The molecule has 1 atom stereocenters. The SMILES string of the molecule is CCCC1CCc2nc(NC(=O)c3cc(OC)c(OC)c(OC)c3[N+](=O)[O-])sc2C1. The Morgan fingerprint density at radius 1 is 1.30 bits per heavy atom. The molecule has 0 saturated heterocycles. The van der Waals surface area contributed by atoms with Crippen LogP contribution in [0.3, 0.4) is 0 Å². The lowest BCUT2D eigenvalue weighted by Crippen LogP contribution is -2.15. The van der Waals surface area contributed by atoms with Gasteiger partial charge in [0, 0.05) is 10.9 Å². The summed E-state index contributed by atoms with van der Waals surface area (Å²) in [7, 11) is 4.00. The maximum absolute atomic E-state index is 13.0. The Labute approximate surface area is 178 Å². The van der Waals surface area contributed by atoms with Crippen molar-refractivity contribution in [2.45, 2.75) is 39.0 Å². The lowest BCUT2D eigenvalue weighted by Gasteiger charge is -2.19. The van der Waals surface area contributed by atoms with E-state index in [9.17, 15) is 14.9 Å². The van der Waals surface area contributed by atoms with Crippen molar-refractivity contribution >= 4 is 28.1 Å². The number of carbonyl (C=O) groups excluding carboxylic acids is 1. The number of methoxy groups -OCH3 is 3. The van der Waals surface area contributed by atoms with Gasteiger partial charge in [-0.3, -0.25) is 20.2 Å². The summed E-state index contributed by atoms with van der Waals surface area (Å²) in [6.45, 7) is 2.18. The molecule has 0 bridgehead atoms. The summed E-state index contributed by atoms with van der Waals surface area (Å²) in [5, 5.41) is 14.9. The number of rotatable bonds is 8. The summed E-state index contributed by atoms with van der Waals surface area (Å²) in [5.41, 5.74) is 0.325. The molecule has 0 fully saturated rings. The molecule has 0 radical (unpaired) electrons. The molecule has 1 amide bonds. The zero-order chi connectivity index (χ0) is 21.8. The van der Waals surface area contributed by atoms with Gasteiger partial charge in [0.1, 0.15) is 5.56 Å². The number of fused-ring (bicyclic) bond motifs is 1. The summed E-state index contributed by atoms with van der Waals surface area (Å²) in [4.78, 5) is 29.7. The Bertz CT molecular complexity index is 959. The number of nitrogens with one attached hydrogen (secondary N) is 1. The Kier molecular flexibility index (Phi) is 6.76. The molecule has 1 aromatic heterocycles. The minimum Gasteiger partial charge on any atom is -0.493 e. The summed E-state index contributed by atoms with van der Waals surface area (Å²) in [5.74, 6) is 0.0218. The molecule has 30 heavy (non-hydrogen) atoms. The number of thiazole rings is 1. The molecular weight excluding hydrogens is 410 g/mol. The van der Waals surface area contributed by atoms with Crippen molar-refractivity contribution in [3.63, 3.8) is 0 Å². The van der Waals surface area contributed by atoms with Crippen molar-refractivity contribution < 1.29 is 23.9 Å². The number of aromatic nitrogens is 1. The smallest absolute Gasteiger partial charge is 0.327 e. The molecular formula is C20H25N3O6S. The molecule has 1 N–H and O–H groups in total. The van der Waals surface area contributed by atoms with E-state index < -0.39 is 16.5 Å². The van der Waals surface area contributed by atoms with Crippen molar-refractivity contribution in [2.75, 3.05) is 26.6 Å². The number of benzene rings is 1. The third kappa shape index (κ3) is 4.18. The van der Waals surface area contributed by atoms with E-state index in [2.05, 4.69) is 17.2 Å². The van der Waals surface area contributed by atoms with Crippen LogP contribution in [0.1, 0.15) is 47.1 Å². The number of ether oxygens (including phenoxy) is 3. The molecule has 0 spiro atoms. The van der Waals surface area contributed by atoms with Crippen molar-refractivity contribution in [1.29, 1.82) is 0 Å². The van der Waals surface area contributed by atoms with E-state index in [-0.39, 0.29) is 22.8 Å². The van der Waals surface area contributed by atoms with Crippen LogP contribution in [0.5, 0.6) is 17.2 Å². The van der Waals surface area contributed by atoms with E-state index in [0.717, 1.165) is 31.4 Å². The fourth-order valence-corrected chi connectivity index (χ4v) is 4.93. The van der Waals surface area contributed by atoms with Crippen LogP contribution in [-0.2, 0) is 12.8 Å². The second-order valence-corrected chi connectivity index (χ2v) is 8.12. The van der Waals surface area contributed by atoms with Gasteiger partial charge in [-0.1, -0.05) is 19.8 Å². The number of hydrogen-bond acceptors (Lipinski definition) is 8. The van der Waals surface area contributed by atoms with Crippen LogP contribution in [0.25, 0.3) is 0 Å². The van der Waals surface area contributed by atoms with E-state index in [1.165, 1.54) is 50.0 Å². The van der Waals surface area contributed by atoms with Gasteiger partial charge in [0.2, 0.25) is 11.5 Å². The molecule has 0 saturated carbocycles.